The molecule has 0 heterocycles. The largest absolute Gasteiger partial charge is 0.545 e. The highest BCUT2D eigenvalue weighted by atomic mass is 79.9. The Hall–Kier alpha value is -0.880. The summed E-state index contributed by atoms with van der Waals surface area (Å²) in [6.07, 6.45) is 0. The van der Waals surface area contributed by atoms with Crippen LogP contribution in [0.15, 0.2) is 21.1 Å². The number of rotatable bonds is 3. The van der Waals surface area contributed by atoms with E-state index < -0.39 is 5.97 Å². The molecule has 0 radical (unpaired) electrons. The molecule has 0 aliphatic carbocycles. The third kappa shape index (κ3) is 3.54. The number of carbonyl (C=O) groups excluding carboxylic acids is 2. The van der Waals surface area contributed by atoms with E-state index in [1.807, 2.05) is 0 Å². The Morgan fingerprint density at radius 2 is 1.88 bits per heavy atom. The highest BCUT2D eigenvalue weighted by molar-refractivity contribution is 9.11. The molecule has 6 heteroatoms. The predicted octanol–water partition coefficient (Wildman–Crippen LogP) is 2.17. The van der Waals surface area contributed by atoms with Crippen LogP contribution in [0.25, 0.3) is 0 Å². The molecule has 0 unspecified atom stereocenters. The molecule has 17 heavy (non-hydrogen) atoms. The van der Waals surface area contributed by atoms with Gasteiger partial charge in [0.25, 0.3) is 0 Å². The van der Waals surface area contributed by atoms with Crippen molar-refractivity contribution < 1.29 is 14.7 Å². The second-order valence-corrected chi connectivity index (χ2v) is 5.51. The Morgan fingerprint density at radius 3 is 2.35 bits per heavy atom. The second kappa shape index (κ2) is 5.64. The molecule has 1 N–H and O–H groups in total. The first-order valence-electron chi connectivity index (χ1n) is 4.84. The van der Waals surface area contributed by atoms with Crippen LogP contribution in [0.5, 0.6) is 0 Å². The summed E-state index contributed by atoms with van der Waals surface area (Å²) in [6.45, 7) is 3.45. The maximum absolute atomic E-state index is 11.6. The smallest absolute Gasteiger partial charge is 0.226 e. The zero-order valence-electron chi connectivity index (χ0n) is 9.21. The summed E-state index contributed by atoms with van der Waals surface area (Å²) >= 11 is 6.38. The van der Waals surface area contributed by atoms with Crippen LogP contribution in [0.2, 0.25) is 0 Å². The molecule has 4 nitrogen and oxygen atoms in total. The van der Waals surface area contributed by atoms with E-state index in [1.54, 1.807) is 19.9 Å². The van der Waals surface area contributed by atoms with E-state index in [9.17, 15) is 14.7 Å². The van der Waals surface area contributed by atoms with Crippen molar-refractivity contribution in [1.29, 1.82) is 0 Å². The van der Waals surface area contributed by atoms with E-state index in [0.717, 1.165) is 0 Å². The predicted molar refractivity (Wildman–Crippen MR) is 69.6 cm³/mol. The van der Waals surface area contributed by atoms with E-state index in [-0.39, 0.29) is 23.1 Å². The van der Waals surface area contributed by atoms with Crippen molar-refractivity contribution in [3.05, 3.63) is 26.6 Å². The van der Waals surface area contributed by atoms with Gasteiger partial charge < -0.3 is 15.2 Å². The minimum absolute atomic E-state index is 0.0692. The summed E-state index contributed by atoms with van der Waals surface area (Å²) in [6, 6.07) is 3.04. The average molecular weight is 364 g/mol. The molecular weight excluding hydrogens is 354 g/mol. The fourth-order valence-electron chi connectivity index (χ4n) is 1.13. The van der Waals surface area contributed by atoms with Crippen molar-refractivity contribution in [2.24, 2.45) is 5.92 Å². The van der Waals surface area contributed by atoms with Crippen LogP contribution in [0, 0.1) is 5.92 Å². The maximum atomic E-state index is 11.6. The van der Waals surface area contributed by atoms with E-state index in [1.165, 1.54) is 6.07 Å². The Balaban J connectivity index is 3.22. The fraction of sp³-hybridized carbons (Fsp3) is 0.273. The molecule has 0 aliphatic rings. The summed E-state index contributed by atoms with van der Waals surface area (Å²) in [5.41, 5.74) is 0.146. The summed E-state index contributed by atoms with van der Waals surface area (Å²) in [4.78, 5) is 22.5. The lowest BCUT2D eigenvalue weighted by atomic mass is 10.1. The van der Waals surface area contributed by atoms with Crippen LogP contribution in [0.4, 0.5) is 5.69 Å². The number of amides is 1. The zero-order valence-corrected chi connectivity index (χ0v) is 12.4. The van der Waals surface area contributed by atoms with Gasteiger partial charge >= 0.3 is 0 Å². The van der Waals surface area contributed by atoms with Gasteiger partial charge in [0.05, 0.1) is 11.7 Å². The van der Waals surface area contributed by atoms with Gasteiger partial charge in [0, 0.05) is 20.4 Å². The van der Waals surface area contributed by atoms with Crippen LogP contribution in [-0.4, -0.2) is 11.9 Å². The first-order valence-corrected chi connectivity index (χ1v) is 6.42. The summed E-state index contributed by atoms with van der Waals surface area (Å²) in [7, 11) is 0. The number of nitrogens with one attached hydrogen (secondary N) is 1. The molecule has 0 spiro atoms. The lowest BCUT2D eigenvalue weighted by Gasteiger charge is -2.15. The highest BCUT2D eigenvalue weighted by Crippen LogP contribution is 2.30. The molecule has 0 saturated carbocycles. The zero-order chi connectivity index (χ0) is 13.2. The molecule has 0 aliphatic heterocycles. The van der Waals surface area contributed by atoms with Gasteiger partial charge in [-0.3, -0.25) is 4.79 Å². The third-order valence-corrected chi connectivity index (χ3v) is 3.13. The molecule has 1 aromatic rings. The molecule has 0 aromatic heterocycles. The standard InChI is InChI=1S/C11H11Br2NO3/c1-5(2)10(15)14-9-7(11(16)17)3-6(12)4-8(9)13/h3-5H,1-2H3,(H,14,15)(H,16,17)/p-1. The normalized spacial score (nSPS) is 10.4. The Kier molecular flexibility index (Phi) is 4.70. The Labute approximate surface area is 116 Å². The van der Waals surface area contributed by atoms with E-state index in [4.69, 9.17) is 0 Å². The average Bonchev–Trinajstić information content (AvgIpc) is 2.20. The lowest BCUT2D eigenvalue weighted by Crippen LogP contribution is -2.26. The van der Waals surface area contributed by atoms with Crippen LogP contribution in [0.3, 0.4) is 0 Å². The quantitative estimate of drug-likeness (QED) is 0.894. The van der Waals surface area contributed by atoms with Crippen molar-refractivity contribution in [1.82, 2.24) is 0 Å². The molecule has 0 atom stereocenters. The minimum Gasteiger partial charge on any atom is -0.545 e. The van der Waals surface area contributed by atoms with Gasteiger partial charge in [-0.25, -0.2) is 0 Å². The van der Waals surface area contributed by atoms with Gasteiger partial charge in [0.2, 0.25) is 5.91 Å². The number of carboxylic acids is 1. The van der Waals surface area contributed by atoms with Crippen LogP contribution >= 0.6 is 31.9 Å². The Bertz CT molecular complexity index is 472. The molecule has 92 valence electrons. The summed E-state index contributed by atoms with van der Waals surface area (Å²) in [5, 5.41) is 13.5. The summed E-state index contributed by atoms with van der Waals surface area (Å²) < 4.78 is 1.08. The first-order chi connectivity index (χ1) is 7.82. The molecule has 0 saturated heterocycles. The van der Waals surface area contributed by atoms with Gasteiger partial charge in [-0.1, -0.05) is 29.8 Å². The molecular formula is C11H10Br2NO3-. The summed E-state index contributed by atoms with van der Waals surface area (Å²) in [5.74, 6) is -1.83. The lowest BCUT2D eigenvalue weighted by molar-refractivity contribution is -0.254. The van der Waals surface area contributed by atoms with Crippen molar-refractivity contribution in [2.75, 3.05) is 5.32 Å². The molecule has 0 bridgehead atoms. The number of carbonyl (C=O) groups is 2. The molecule has 1 amide bonds. The molecule has 1 aromatic carbocycles. The maximum Gasteiger partial charge on any atom is 0.226 e. The van der Waals surface area contributed by atoms with Gasteiger partial charge in [0.1, 0.15) is 0 Å². The van der Waals surface area contributed by atoms with Crippen molar-refractivity contribution in [2.45, 2.75) is 13.8 Å². The van der Waals surface area contributed by atoms with Crippen molar-refractivity contribution in [3.63, 3.8) is 0 Å². The molecule has 0 fully saturated rings. The number of carboxylic acid groups (broad SMARTS) is 1. The highest BCUT2D eigenvalue weighted by Gasteiger charge is 2.14. The number of anilines is 1. The SMILES string of the molecule is CC(C)C(=O)Nc1c(Br)cc(Br)cc1C(=O)[O-]. The first kappa shape index (κ1) is 14.2. The van der Waals surface area contributed by atoms with Gasteiger partial charge in [-0.2, -0.15) is 0 Å². The van der Waals surface area contributed by atoms with Crippen LogP contribution in [-0.2, 0) is 4.79 Å². The van der Waals surface area contributed by atoms with Gasteiger partial charge in [0.15, 0.2) is 0 Å². The molecule has 1 rings (SSSR count). The van der Waals surface area contributed by atoms with E-state index in [2.05, 4.69) is 37.2 Å². The van der Waals surface area contributed by atoms with Gasteiger partial charge in [-0.05, 0) is 28.1 Å². The van der Waals surface area contributed by atoms with Gasteiger partial charge in [-0.15, -0.1) is 0 Å². The van der Waals surface area contributed by atoms with Crippen LogP contribution in [0.1, 0.15) is 24.2 Å². The number of aromatic carboxylic acids is 1. The number of hydrogen-bond acceptors (Lipinski definition) is 3. The monoisotopic (exact) mass is 362 g/mol. The fourth-order valence-corrected chi connectivity index (χ4v) is 2.45. The minimum atomic E-state index is -1.34. The Morgan fingerprint density at radius 1 is 1.29 bits per heavy atom. The van der Waals surface area contributed by atoms with E-state index >= 15 is 0 Å². The van der Waals surface area contributed by atoms with Crippen LogP contribution < -0.4 is 10.4 Å². The number of halogens is 2. The third-order valence-electron chi connectivity index (χ3n) is 2.05. The van der Waals surface area contributed by atoms with E-state index in [0.29, 0.717) is 8.95 Å². The van der Waals surface area contributed by atoms with Crippen molar-refractivity contribution in [3.8, 4) is 0 Å². The second-order valence-electron chi connectivity index (χ2n) is 3.74. The topological polar surface area (TPSA) is 69.2 Å². The number of benzene rings is 1. The van der Waals surface area contributed by atoms with Crippen molar-refractivity contribution >= 4 is 49.4 Å². The number of hydrogen-bond donors (Lipinski definition) is 1.